The van der Waals surface area contributed by atoms with Crippen molar-refractivity contribution in [2.24, 2.45) is 33.7 Å². The number of nitrogens with one attached hydrogen (secondary N) is 1. The van der Waals surface area contributed by atoms with Gasteiger partial charge < -0.3 is 25.5 Å². The van der Waals surface area contributed by atoms with Gasteiger partial charge >= 0.3 is 5.97 Å². The van der Waals surface area contributed by atoms with E-state index in [1.807, 2.05) is 0 Å². The molecule has 0 aliphatic heterocycles. The predicted octanol–water partition coefficient (Wildman–Crippen LogP) is 2.59. The number of carboxylic acids is 1. The van der Waals surface area contributed by atoms with E-state index in [0.717, 1.165) is 50.7 Å². The van der Waals surface area contributed by atoms with Gasteiger partial charge in [-0.1, -0.05) is 24.6 Å². The van der Waals surface area contributed by atoms with Crippen LogP contribution in [0.15, 0.2) is 16.8 Å². The van der Waals surface area contributed by atoms with Crippen LogP contribution in [-0.2, 0) is 19.2 Å². The Bertz CT molecular complexity index is 991. The number of carboxylic acid groups (broad SMARTS) is 1. The molecular formula is C27H40N2O7. The molecule has 3 saturated carbocycles. The minimum atomic E-state index is -1.40. The highest BCUT2D eigenvalue weighted by atomic mass is 16.6. The van der Waals surface area contributed by atoms with Gasteiger partial charge in [-0.2, -0.15) is 0 Å². The molecule has 4 aliphatic rings. The van der Waals surface area contributed by atoms with Crippen LogP contribution in [0.1, 0.15) is 79.1 Å². The first kappa shape index (κ1) is 26.8. The van der Waals surface area contributed by atoms with Crippen LogP contribution >= 0.6 is 0 Å². The number of oxime groups is 1. The normalized spacial score (nSPS) is 40.2. The van der Waals surface area contributed by atoms with Gasteiger partial charge in [0, 0.05) is 5.41 Å². The summed E-state index contributed by atoms with van der Waals surface area (Å²) in [6.45, 7) is 6.88. The highest BCUT2D eigenvalue weighted by Gasteiger charge is 2.65. The lowest BCUT2D eigenvalue weighted by Crippen LogP contribution is -2.57. The molecule has 1 amide bonds. The van der Waals surface area contributed by atoms with E-state index in [4.69, 9.17) is 9.94 Å². The van der Waals surface area contributed by atoms with E-state index in [-0.39, 0.29) is 16.6 Å². The van der Waals surface area contributed by atoms with Crippen molar-refractivity contribution < 1.29 is 34.5 Å². The number of ketones is 1. The summed E-state index contributed by atoms with van der Waals surface area (Å²) < 4.78 is 0. The number of nitrogens with zero attached hydrogens (tertiary/aromatic N) is 1. The molecule has 9 nitrogen and oxygen atoms in total. The molecular weight excluding hydrogens is 464 g/mol. The van der Waals surface area contributed by atoms with Crippen molar-refractivity contribution in [2.45, 2.75) is 96.8 Å². The summed E-state index contributed by atoms with van der Waals surface area (Å²) in [5.41, 5.74) is 0.622. The van der Waals surface area contributed by atoms with Crippen molar-refractivity contribution in [2.75, 3.05) is 6.61 Å². The number of hydrogen-bond acceptors (Lipinski definition) is 7. The Kier molecular flexibility index (Phi) is 7.11. The monoisotopic (exact) mass is 504 g/mol. The number of fused-ring (bicyclic) bond motifs is 5. The zero-order chi connectivity index (χ0) is 26.5. The molecule has 36 heavy (non-hydrogen) atoms. The van der Waals surface area contributed by atoms with Crippen LogP contribution < -0.4 is 5.32 Å². The average Bonchev–Trinajstić information content (AvgIpc) is 3.09. The second-order valence-corrected chi connectivity index (χ2v) is 11.9. The van der Waals surface area contributed by atoms with Crippen LogP contribution in [0.5, 0.6) is 0 Å². The van der Waals surface area contributed by atoms with Crippen molar-refractivity contribution in [1.29, 1.82) is 0 Å². The summed E-state index contributed by atoms with van der Waals surface area (Å²) in [4.78, 5) is 40.8. The minimum absolute atomic E-state index is 0.0452. The summed E-state index contributed by atoms with van der Waals surface area (Å²) in [6.07, 6.45) is 7.83. The number of amides is 1. The van der Waals surface area contributed by atoms with Gasteiger partial charge in [0.15, 0.2) is 18.4 Å². The first-order valence-corrected chi connectivity index (χ1v) is 13.2. The average molecular weight is 505 g/mol. The van der Waals surface area contributed by atoms with Crippen LogP contribution in [0.3, 0.4) is 0 Å². The summed E-state index contributed by atoms with van der Waals surface area (Å²) >= 11 is 0. The molecule has 0 heterocycles. The van der Waals surface area contributed by atoms with E-state index in [2.05, 4.69) is 30.4 Å². The molecule has 3 fully saturated rings. The van der Waals surface area contributed by atoms with Gasteiger partial charge in [0.25, 0.3) is 5.91 Å². The van der Waals surface area contributed by atoms with Crippen LogP contribution in [0, 0.1) is 28.6 Å². The Morgan fingerprint density at radius 3 is 2.47 bits per heavy atom. The van der Waals surface area contributed by atoms with Crippen molar-refractivity contribution in [3.63, 3.8) is 0 Å². The van der Waals surface area contributed by atoms with Gasteiger partial charge in [-0.05, 0) is 94.5 Å². The second kappa shape index (κ2) is 9.56. The van der Waals surface area contributed by atoms with Crippen LogP contribution in [0.2, 0.25) is 0 Å². The Labute approximate surface area is 212 Å². The topological polar surface area (TPSA) is 146 Å². The molecule has 9 heteroatoms. The van der Waals surface area contributed by atoms with E-state index < -0.39 is 36.2 Å². The molecule has 0 radical (unpaired) electrons. The van der Waals surface area contributed by atoms with E-state index in [1.165, 1.54) is 19.4 Å². The van der Waals surface area contributed by atoms with Crippen molar-refractivity contribution in [3.05, 3.63) is 11.6 Å². The van der Waals surface area contributed by atoms with Crippen LogP contribution in [0.25, 0.3) is 0 Å². The van der Waals surface area contributed by atoms with Gasteiger partial charge in [0.1, 0.15) is 5.60 Å². The summed E-state index contributed by atoms with van der Waals surface area (Å²) in [6, 6.07) is -1.40. The van der Waals surface area contributed by atoms with Crippen molar-refractivity contribution in [1.82, 2.24) is 5.32 Å². The lowest BCUT2D eigenvalue weighted by molar-refractivity contribution is -0.159. The number of Topliss-reactive ketones (excluding diaryl/α,β-unsaturated/α-hetero) is 1. The molecule has 8 atom stereocenters. The van der Waals surface area contributed by atoms with Crippen LogP contribution in [0.4, 0.5) is 0 Å². The molecule has 0 bridgehead atoms. The molecule has 200 valence electrons. The standard InChI is InChI=1S/C27H40N2O7/c1-15(30)23(24(33)34)28-22(32)14-36-29-18-7-10-25(3)17(13-18)5-6-19-20(25)8-11-26(4)21(19)9-12-27(26,35)16(2)31/h13,15,19-21,23,30,35H,5-12,14H2,1-4H3,(H,28,32)(H,33,34)/t15-,19+,20-,21-,23-,25-,26-,27-/m0/s1. The third kappa shape index (κ3) is 4.28. The fourth-order valence-corrected chi connectivity index (χ4v) is 8.01. The molecule has 0 saturated heterocycles. The minimum Gasteiger partial charge on any atom is -0.480 e. The molecule has 4 N–H and O–H groups in total. The Hall–Kier alpha value is -2.26. The number of aliphatic carboxylic acids is 1. The largest absolute Gasteiger partial charge is 0.480 e. The van der Waals surface area contributed by atoms with Gasteiger partial charge in [-0.15, -0.1) is 0 Å². The van der Waals surface area contributed by atoms with Crippen molar-refractivity contribution >= 4 is 23.4 Å². The zero-order valence-corrected chi connectivity index (χ0v) is 21.7. The molecule has 4 aliphatic carbocycles. The van der Waals surface area contributed by atoms with Gasteiger partial charge in [-0.3, -0.25) is 9.59 Å². The molecule has 4 rings (SSSR count). The summed E-state index contributed by atoms with van der Waals surface area (Å²) in [5, 5.41) is 36.3. The SMILES string of the molecule is CC(=O)[C@@]1(O)CC[C@H]2[C@@H]3CCC4=CC(=NOCC(=O)N[C@H](C(=O)O)[C@H](C)O)CC[C@]4(C)[C@H]3CC[C@@]21C. The highest BCUT2D eigenvalue weighted by molar-refractivity contribution is 5.96. The van der Waals surface area contributed by atoms with Gasteiger partial charge in [0.05, 0.1) is 11.8 Å². The zero-order valence-electron chi connectivity index (χ0n) is 21.7. The quantitative estimate of drug-likeness (QED) is 0.390. The molecule has 0 aromatic rings. The van der Waals surface area contributed by atoms with E-state index in [0.29, 0.717) is 24.2 Å². The number of carbonyl (C=O) groups excluding carboxylic acids is 2. The van der Waals surface area contributed by atoms with E-state index in [1.54, 1.807) is 0 Å². The third-order valence-electron chi connectivity index (χ3n) is 10.2. The molecule has 0 unspecified atom stereocenters. The smallest absolute Gasteiger partial charge is 0.328 e. The lowest BCUT2D eigenvalue weighted by atomic mass is 9.46. The maximum Gasteiger partial charge on any atom is 0.328 e. The van der Waals surface area contributed by atoms with Crippen molar-refractivity contribution in [3.8, 4) is 0 Å². The van der Waals surface area contributed by atoms with Gasteiger partial charge in [0.2, 0.25) is 0 Å². The number of aliphatic hydroxyl groups excluding tert-OH is 1. The first-order valence-electron chi connectivity index (χ1n) is 13.2. The maximum absolute atomic E-state index is 12.4. The molecule has 0 aromatic heterocycles. The number of hydrogen-bond donors (Lipinski definition) is 4. The summed E-state index contributed by atoms with van der Waals surface area (Å²) in [7, 11) is 0. The van der Waals surface area contributed by atoms with E-state index in [9.17, 15) is 24.6 Å². The van der Waals surface area contributed by atoms with Crippen LogP contribution in [-0.4, -0.2) is 63.0 Å². The fourth-order valence-electron chi connectivity index (χ4n) is 8.01. The second-order valence-electron chi connectivity index (χ2n) is 11.9. The third-order valence-corrected chi connectivity index (χ3v) is 10.2. The number of aliphatic hydroxyl groups is 2. The number of carbonyl (C=O) groups is 3. The fraction of sp³-hybridized carbons (Fsp3) is 0.778. The summed E-state index contributed by atoms with van der Waals surface area (Å²) in [5.74, 6) is -0.709. The highest BCUT2D eigenvalue weighted by Crippen LogP contribution is 2.67. The van der Waals surface area contributed by atoms with E-state index >= 15 is 0 Å². The predicted molar refractivity (Wildman–Crippen MR) is 132 cm³/mol. The number of rotatable bonds is 7. The number of allylic oxidation sites excluding steroid dienone is 2. The Morgan fingerprint density at radius 2 is 1.83 bits per heavy atom. The lowest BCUT2D eigenvalue weighted by Gasteiger charge is -2.59. The van der Waals surface area contributed by atoms with Gasteiger partial charge in [-0.25, -0.2) is 4.79 Å². The maximum atomic E-state index is 12.4. The Balaban J connectivity index is 1.42. The molecule has 0 spiro atoms. The Morgan fingerprint density at radius 1 is 1.14 bits per heavy atom. The molecule has 0 aromatic carbocycles. The first-order chi connectivity index (χ1) is 16.8.